The summed E-state index contributed by atoms with van der Waals surface area (Å²) in [6, 6.07) is 0. The van der Waals surface area contributed by atoms with Gasteiger partial charge in [0.1, 0.15) is 0 Å². The molecule has 8 heteroatoms. The van der Waals surface area contributed by atoms with Crippen molar-refractivity contribution in [3.63, 3.8) is 0 Å². The summed E-state index contributed by atoms with van der Waals surface area (Å²) in [4.78, 5) is 21.2. The predicted molar refractivity (Wildman–Crippen MR) is 123 cm³/mol. The Balaban J connectivity index is 0.00000392. The third kappa shape index (κ3) is 7.02. The lowest BCUT2D eigenvalue weighted by Gasteiger charge is -2.36. The number of likely N-dealkylation sites (tertiary alicyclic amines) is 1. The molecule has 0 radical (unpaired) electrons. The van der Waals surface area contributed by atoms with Gasteiger partial charge in [0.2, 0.25) is 5.91 Å². The standard InChI is InChI=1S/C20H38N4O3.HI/c1-21-19(22-16-20(10-5-6-11-20)18(25)23(2)3)24-12-8-17(9-13-24)27-15-7-14-26-4;/h17H,5-16H2,1-4H3,(H,21,22);1H. The zero-order valence-corrected chi connectivity index (χ0v) is 20.4. The fourth-order valence-electron chi connectivity index (χ4n) is 4.26. The van der Waals surface area contributed by atoms with Gasteiger partial charge in [-0.3, -0.25) is 9.79 Å². The number of carbonyl (C=O) groups excluding carboxylic acids is 1. The van der Waals surface area contributed by atoms with E-state index in [0.29, 0.717) is 12.6 Å². The van der Waals surface area contributed by atoms with E-state index >= 15 is 0 Å². The number of piperidine rings is 1. The van der Waals surface area contributed by atoms with E-state index in [2.05, 4.69) is 15.2 Å². The van der Waals surface area contributed by atoms with Crippen LogP contribution in [-0.4, -0.2) is 88.9 Å². The number of guanidine groups is 1. The molecule has 0 aromatic carbocycles. The molecule has 2 fully saturated rings. The summed E-state index contributed by atoms with van der Waals surface area (Å²) in [5.74, 6) is 1.15. The molecule has 1 saturated carbocycles. The van der Waals surface area contributed by atoms with Crippen LogP contribution in [0, 0.1) is 5.41 Å². The molecule has 28 heavy (non-hydrogen) atoms. The van der Waals surface area contributed by atoms with Gasteiger partial charge in [-0.05, 0) is 32.1 Å². The number of hydrogen-bond acceptors (Lipinski definition) is 4. The minimum atomic E-state index is -0.276. The highest BCUT2D eigenvalue weighted by Crippen LogP contribution is 2.39. The molecule has 0 atom stereocenters. The van der Waals surface area contributed by atoms with E-state index in [9.17, 15) is 4.79 Å². The van der Waals surface area contributed by atoms with Gasteiger partial charge in [-0.1, -0.05) is 12.8 Å². The number of nitrogens with one attached hydrogen (secondary N) is 1. The van der Waals surface area contributed by atoms with Crippen molar-refractivity contribution >= 4 is 35.8 Å². The number of hydrogen-bond donors (Lipinski definition) is 1. The monoisotopic (exact) mass is 510 g/mol. The average molecular weight is 510 g/mol. The molecule has 0 bridgehead atoms. The number of ether oxygens (including phenoxy) is 2. The zero-order chi connectivity index (χ0) is 19.7. The molecular formula is C20H39IN4O3. The first kappa shape index (κ1) is 25.4. The summed E-state index contributed by atoms with van der Waals surface area (Å²) < 4.78 is 11.0. The van der Waals surface area contributed by atoms with Crippen molar-refractivity contribution in [3.8, 4) is 0 Å². The molecule has 1 N–H and O–H groups in total. The first-order valence-electron chi connectivity index (χ1n) is 10.3. The van der Waals surface area contributed by atoms with Gasteiger partial charge in [0.15, 0.2) is 5.96 Å². The molecular weight excluding hydrogens is 471 g/mol. The molecule has 2 aliphatic rings. The van der Waals surface area contributed by atoms with Gasteiger partial charge in [-0.15, -0.1) is 24.0 Å². The molecule has 7 nitrogen and oxygen atoms in total. The van der Waals surface area contributed by atoms with Crippen LogP contribution in [0.5, 0.6) is 0 Å². The summed E-state index contributed by atoms with van der Waals surface area (Å²) >= 11 is 0. The van der Waals surface area contributed by atoms with E-state index in [0.717, 1.165) is 77.2 Å². The fraction of sp³-hybridized carbons (Fsp3) is 0.900. The van der Waals surface area contributed by atoms with Gasteiger partial charge >= 0.3 is 0 Å². The first-order chi connectivity index (χ1) is 13.0. The molecule has 0 unspecified atom stereocenters. The van der Waals surface area contributed by atoms with Gasteiger partial charge in [0.25, 0.3) is 0 Å². The predicted octanol–water partition coefficient (Wildman–Crippen LogP) is 2.35. The van der Waals surface area contributed by atoms with Crippen molar-refractivity contribution in [2.45, 2.75) is 51.0 Å². The number of halogens is 1. The lowest BCUT2D eigenvalue weighted by molar-refractivity contribution is -0.138. The Morgan fingerprint density at radius 3 is 2.39 bits per heavy atom. The fourth-order valence-corrected chi connectivity index (χ4v) is 4.26. The van der Waals surface area contributed by atoms with Crippen LogP contribution in [0.1, 0.15) is 44.9 Å². The summed E-state index contributed by atoms with van der Waals surface area (Å²) in [6.07, 6.45) is 7.48. The Hall–Kier alpha value is -0.610. The zero-order valence-electron chi connectivity index (χ0n) is 18.0. The third-order valence-electron chi connectivity index (χ3n) is 5.81. The molecule has 1 aliphatic heterocycles. The van der Waals surface area contributed by atoms with Crippen molar-refractivity contribution in [3.05, 3.63) is 0 Å². The van der Waals surface area contributed by atoms with Crippen LogP contribution in [0.3, 0.4) is 0 Å². The Labute approximate surface area is 187 Å². The number of carbonyl (C=O) groups is 1. The SMILES string of the molecule is CN=C(NCC1(C(=O)N(C)C)CCCC1)N1CCC(OCCCOC)CC1.I. The van der Waals surface area contributed by atoms with Gasteiger partial charge in [0.05, 0.1) is 11.5 Å². The molecule has 2 rings (SSSR count). The van der Waals surface area contributed by atoms with Crippen molar-refractivity contribution in [2.24, 2.45) is 10.4 Å². The Kier molecular flexibility index (Phi) is 11.7. The topological polar surface area (TPSA) is 66.4 Å². The third-order valence-corrected chi connectivity index (χ3v) is 5.81. The smallest absolute Gasteiger partial charge is 0.230 e. The maximum atomic E-state index is 12.7. The van der Waals surface area contributed by atoms with Crippen molar-refractivity contribution < 1.29 is 14.3 Å². The minimum absolute atomic E-state index is 0. The maximum absolute atomic E-state index is 12.7. The highest BCUT2D eigenvalue weighted by molar-refractivity contribution is 14.0. The van der Waals surface area contributed by atoms with E-state index in [4.69, 9.17) is 9.47 Å². The second-order valence-electron chi connectivity index (χ2n) is 7.99. The summed E-state index contributed by atoms with van der Waals surface area (Å²) in [5.41, 5.74) is -0.276. The summed E-state index contributed by atoms with van der Waals surface area (Å²) in [6.45, 7) is 4.06. The van der Waals surface area contributed by atoms with Crippen LogP contribution in [0.15, 0.2) is 4.99 Å². The minimum Gasteiger partial charge on any atom is -0.385 e. The molecule has 0 spiro atoms. The van der Waals surface area contributed by atoms with Crippen molar-refractivity contribution in [1.82, 2.24) is 15.1 Å². The number of amides is 1. The van der Waals surface area contributed by atoms with Crippen LogP contribution in [0.2, 0.25) is 0 Å². The molecule has 1 heterocycles. The highest BCUT2D eigenvalue weighted by atomic mass is 127. The van der Waals surface area contributed by atoms with Crippen LogP contribution >= 0.6 is 24.0 Å². The molecule has 1 saturated heterocycles. The van der Waals surface area contributed by atoms with Gasteiger partial charge < -0.3 is 24.6 Å². The normalized spacial score (nSPS) is 20.0. The quantitative estimate of drug-likeness (QED) is 0.235. The summed E-state index contributed by atoms with van der Waals surface area (Å²) in [5, 5.41) is 3.50. The van der Waals surface area contributed by atoms with Gasteiger partial charge in [-0.2, -0.15) is 0 Å². The summed E-state index contributed by atoms with van der Waals surface area (Å²) in [7, 11) is 7.26. The van der Waals surface area contributed by atoms with Crippen LogP contribution in [-0.2, 0) is 14.3 Å². The molecule has 1 aliphatic carbocycles. The molecule has 0 aromatic heterocycles. The average Bonchev–Trinajstić information content (AvgIpc) is 3.16. The second-order valence-corrected chi connectivity index (χ2v) is 7.99. The van der Waals surface area contributed by atoms with E-state index in [1.165, 1.54) is 0 Å². The van der Waals surface area contributed by atoms with E-state index < -0.39 is 0 Å². The largest absolute Gasteiger partial charge is 0.385 e. The van der Waals surface area contributed by atoms with E-state index in [1.807, 2.05) is 21.1 Å². The van der Waals surface area contributed by atoms with Crippen molar-refractivity contribution in [1.29, 1.82) is 0 Å². The highest BCUT2D eigenvalue weighted by Gasteiger charge is 2.42. The Morgan fingerprint density at radius 1 is 1.21 bits per heavy atom. The first-order valence-corrected chi connectivity index (χ1v) is 10.3. The van der Waals surface area contributed by atoms with Gasteiger partial charge in [-0.25, -0.2) is 0 Å². The maximum Gasteiger partial charge on any atom is 0.230 e. The van der Waals surface area contributed by atoms with E-state index in [1.54, 1.807) is 12.0 Å². The lowest BCUT2D eigenvalue weighted by Crippen LogP contribution is -2.52. The van der Waals surface area contributed by atoms with Crippen LogP contribution in [0.4, 0.5) is 0 Å². The molecule has 164 valence electrons. The number of methoxy groups -OCH3 is 1. The lowest BCUT2D eigenvalue weighted by atomic mass is 9.84. The van der Waals surface area contributed by atoms with E-state index in [-0.39, 0.29) is 35.3 Å². The molecule has 1 amide bonds. The Morgan fingerprint density at radius 2 is 1.86 bits per heavy atom. The number of rotatable bonds is 8. The van der Waals surface area contributed by atoms with Crippen LogP contribution in [0.25, 0.3) is 0 Å². The van der Waals surface area contributed by atoms with Crippen molar-refractivity contribution in [2.75, 3.05) is 61.1 Å². The second kappa shape index (κ2) is 12.8. The Bertz CT molecular complexity index is 488. The number of nitrogens with zero attached hydrogens (tertiary/aromatic N) is 3. The number of aliphatic imine (C=N–C) groups is 1. The van der Waals surface area contributed by atoms with Crippen LogP contribution < -0.4 is 5.32 Å². The molecule has 0 aromatic rings. The van der Waals surface area contributed by atoms with Gasteiger partial charge in [0, 0.05) is 61.1 Å².